The Balaban J connectivity index is 1.44. The lowest BCUT2D eigenvalue weighted by Gasteiger charge is -2.38. The minimum Gasteiger partial charge on any atom is -0.475 e. The number of rotatable bonds is 4. The minimum atomic E-state index is 0.444. The summed E-state index contributed by atoms with van der Waals surface area (Å²) in [4.78, 5) is 2.51. The van der Waals surface area contributed by atoms with E-state index in [1.165, 1.54) is 25.9 Å². The molecular formula is C18H27N3O. The van der Waals surface area contributed by atoms with Crippen LogP contribution >= 0.6 is 0 Å². The molecule has 0 atom stereocenters. The monoisotopic (exact) mass is 301 g/mol. The maximum Gasteiger partial charge on any atom is 0.233 e. The van der Waals surface area contributed by atoms with Crippen LogP contribution in [0.5, 0.6) is 5.88 Å². The van der Waals surface area contributed by atoms with Crippen LogP contribution < -0.4 is 4.74 Å². The van der Waals surface area contributed by atoms with Gasteiger partial charge in [-0.15, -0.1) is 5.10 Å². The second-order valence-corrected chi connectivity index (χ2v) is 7.38. The van der Waals surface area contributed by atoms with Crippen LogP contribution in [0, 0.1) is 11.3 Å². The number of hydrogen-bond acceptors (Lipinski definition) is 3. The van der Waals surface area contributed by atoms with E-state index < -0.39 is 0 Å². The fourth-order valence-corrected chi connectivity index (χ4v) is 3.29. The first kappa shape index (κ1) is 15.3. The van der Waals surface area contributed by atoms with Crippen molar-refractivity contribution in [2.24, 2.45) is 11.3 Å². The molecule has 4 nitrogen and oxygen atoms in total. The van der Waals surface area contributed by atoms with Gasteiger partial charge in [0, 0.05) is 18.8 Å². The van der Waals surface area contributed by atoms with Crippen molar-refractivity contribution in [1.82, 2.24) is 14.5 Å². The van der Waals surface area contributed by atoms with Gasteiger partial charge in [0.1, 0.15) is 6.61 Å². The molecule has 0 radical (unpaired) electrons. The first-order chi connectivity index (χ1) is 10.5. The molecule has 1 saturated heterocycles. The van der Waals surface area contributed by atoms with Crippen LogP contribution in [0.15, 0.2) is 30.5 Å². The van der Waals surface area contributed by atoms with Crippen LogP contribution in [-0.2, 0) is 0 Å². The maximum absolute atomic E-state index is 5.81. The van der Waals surface area contributed by atoms with Crippen molar-refractivity contribution in [1.29, 1.82) is 0 Å². The number of ether oxygens (including phenoxy) is 1. The van der Waals surface area contributed by atoms with E-state index in [0.29, 0.717) is 12.0 Å². The van der Waals surface area contributed by atoms with Crippen molar-refractivity contribution >= 4 is 5.52 Å². The third kappa shape index (κ3) is 3.61. The fraction of sp³-hybridized carbons (Fsp3) is 0.611. The smallest absolute Gasteiger partial charge is 0.233 e. The summed E-state index contributed by atoms with van der Waals surface area (Å²) in [6.07, 6.45) is 4.55. The highest BCUT2D eigenvalue weighted by Gasteiger charge is 2.28. The lowest BCUT2D eigenvalue weighted by Crippen LogP contribution is -2.39. The number of nitrogens with zero attached hydrogens (tertiary/aromatic N) is 3. The summed E-state index contributed by atoms with van der Waals surface area (Å²) >= 11 is 0. The molecule has 3 heterocycles. The highest BCUT2D eigenvalue weighted by molar-refractivity contribution is 5.48. The summed E-state index contributed by atoms with van der Waals surface area (Å²) in [7, 11) is 0. The van der Waals surface area contributed by atoms with Crippen LogP contribution in [0.2, 0.25) is 0 Å². The fourth-order valence-electron chi connectivity index (χ4n) is 3.29. The van der Waals surface area contributed by atoms with Crippen molar-refractivity contribution in [3.63, 3.8) is 0 Å². The standard InChI is InChI=1S/C18H27N3O/c1-18(2,3)15-7-10-20(11-8-15)12-13-22-17-14-16-6-4-5-9-21(16)19-17/h4-6,9,14-15H,7-8,10-13H2,1-3H3. The molecule has 120 valence electrons. The normalized spacial score (nSPS) is 18.0. The third-order valence-corrected chi connectivity index (χ3v) is 4.82. The average molecular weight is 301 g/mol. The summed E-state index contributed by atoms with van der Waals surface area (Å²) in [5.74, 6) is 1.57. The average Bonchev–Trinajstić information content (AvgIpc) is 2.89. The second kappa shape index (κ2) is 6.29. The molecular weight excluding hydrogens is 274 g/mol. The van der Waals surface area contributed by atoms with Gasteiger partial charge in [-0.3, -0.25) is 4.90 Å². The number of piperidine rings is 1. The van der Waals surface area contributed by atoms with Crippen LogP contribution in [0.3, 0.4) is 0 Å². The number of fused-ring (bicyclic) bond motifs is 1. The van der Waals surface area contributed by atoms with E-state index in [1.807, 2.05) is 35.0 Å². The Kier molecular flexibility index (Phi) is 4.39. The van der Waals surface area contributed by atoms with Crippen LogP contribution in [0.1, 0.15) is 33.6 Å². The highest BCUT2D eigenvalue weighted by Crippen LogP contribution is 2.34. The van der Waals surface area contributed by atoms with Gasteiger partial charge in [0.2, 0.25) is 5.88 Å². The molecule has 22 heavy (non-hydrogen) atoms. The zero-order valence-electron chi connectivity index (χ0n) is 14.0. The summed E-state index contributed by atoms with van der Waals surface area (Å²) in [6.45, 7) is 11.2. The zero-order valence-corrected chi connectivity index (χ0v) is 14.0. The third-order valence-electron chi connectivity index (χ3n) is 4.82. The van der Waals surface area contributed by atoms with Gasteiger partial charge in [-0.25, -0.2) is 4.52 Å². The molecule has 4 heteroatoms. The lowest BCUT2D eigenvalue weighted by atomic mass is 9.75. The second-order valence-electron chi connectivity index (χ2n) is 7.38. The van der Waals surface area contributed by atoms with Gasteiger partial charge in [0.05, 0.1) is 5.52 Å². The first-order valence-electron chi connectivity index (χ1n) is 8.32. The van der Waals surface area contributed by atoms with Gasteiger partial charge in [0.25, 0.3) is 0 Å². The largest absolute Gasteiger partial charge is 0.475 e. The van der Waals surface area contributed by atoms with Gasteiger partial charge < -0.3 is 4.74 Å². The molecule has 0 aromatic carbocycles. The Morgan fingerprint density at radius 1 is 1.23 bits per heavy atom. The van der Waals surface area contributed by atoms with Crippen LogP contribution in [0.4, 0.5) is 0 Å². The lowest BCUT2D eigenvalue weighted by molar-refractivity contribution is 0.100. The minimum absolute atomic E-state index is 0.444. The Morgan fingerprint density at radius 2 is 2.00 bits per heavy atom. The van der Waals surface area contributed by atoms with Crippen molar-refractivity contribution in [3.05, 3.63) is 30.5 Å². The van der Waals surface area contributed by atoms with E-state index in [1.54, 1.807) is 0 Å². The topological polar surface area (TPSA) is 29.8 Å². The maximum atomic E-state index is 5.81. The highest BCUT2D eigenvalue weighted by atomic mass is 16.5. The molecule has 1 fully saturated rings. The molecule has 0 spiro atoms. The van der Waals surface area contributed by atoms with Crippen molar-refractivity contribution in [2.45, 2.75) is 33.6 Å². The Hall–Kier alpha value is -1.55. The van der Waals surface area contributed by atoms with E-state index in [9.17, 15) is 0 Å². The Labute approximate surface area is 133 Å². The molecule has 1 aliphatic heterocycles. The molecule has 0 amide bonds. The molecule has 0 N–H and O–H groups in total. The predicted octanol–water partition coefficient (Wildman–Crippen LogP) is 3.47. The molecule has 0 bridgehead atoms. The van der Waals surface area contributed by atoms with Crippen LogP contribution in [-0.4, -0.2) is 40.8 Å². The molecule has 0 saturated carbocycles. The van der Waals surface area contributed by atoms with Crippen molar-refractivity contribution in [3.8, 4) is 5.88 Å². The molecule has 1 aliphatic rings. The van der Waals surface area contributed by atoms with Gasteiger partial charge >= 0.3 is 0 Å². The van der Waals surface area contributed by atoms with E-state index in [-0.39, 0.29) is 0 Å². The van der Waals surface area contributed by atoms with Crippen LogP contribution in [0.25, 0.3) is 5.52 Å². The van der Waals surface area contributed by atoms with E-state index in [4.69, 9.17) is 4.74 Å². The molecule has 3 rings (SSSR count). The Bertz CT molecular complexity index is 573. The summed E-state index contributed by atoms with van der Waals surface area (Å²) in [5, 5.41) is 4.42. The molecule has 0 aliphatic carbocycles. The number of likely N-dealkylation sites (tertiary alicyclic amines) is 1. The van der Waals surface area contributed by atoms with Gasteiger partial charge in [0.15, 0.2) is 0 Å². The van der Waals surface area contributed by atoms with Gasteiger partial charge in [-0.05, 0) is 49.4 Å². The molecule has 0 unspecified atom stereocenters. The quantitative estimate of drug-likeness (QED) is 0.866. The van der Waals surface area contributed by atoms with E-state index in [0.717, 1.165) is 23.9 Å². The zero-order chi connectivity index (χ0) is 15.6. The first-order valence-corrected chi connectivity index (χ1v) is 8.32. The van der Waals surface area contributed by atoms with Crippen molar-refractivity contribution < 1.29 is 4.74 Å². The molecule has 2 aromatic rings. The Morgan fingerprint density at radius 3 is 2.68 bits per heavy atom. The SMILES string of the molecule is CC(C)(C)C1CCN(CCOc2cc3ccccn3n2)CC1. The van der Waals surface area contributed by atoms with Crippen molar-refractivity contribution in [2.75, 3.05) is 26.2 Å². The molecule has 2 aromatic heterocycles. The van der Waals surface area contributed by atoms with Gasteiger partial charge in [-0.2, -0.15) is 0 Å². The van der Waals surface area contributed by atoms with Gasteiger partial charge in [-0.1, -0.05) is 26.8 Å². The number of aromatic nitrogens is 2. The predicted molar refractivity (Wildman–Crippen MR) is 89.3 cm³/mol. The summed E-state index contributed by atoms with van der Waals surface area (Å²) in [5.41, 5.74) is 1.52. The number of hydrogen-bond donors (Lipinski definition) is 0. The van der Waals surface area contributed by atoms with E-state index in [2.05, 4.69) is 30.8 Å². The number of pyridine rings is 1. The van der Waals surface area contributed by atoms with E-state index >= 15 is 0 Å². The summed E-state index contributed by atoms with van der Waals surface area (Å²) in [6, 6.07) is 8.02. The summed E-state index contributed by atoms with van der Waals surface area (Å²) < 4.78 is 7.67.